The first-order chi connectivity index (χ1) is 9.15. The second-order valence-corrected chi connectivity index (χ2v) is 4.33. The normalized spacial score (nSPS) is 12.2. The highest BCUT2D eigenvalue weighted by atomic mass is 16.1. The van der Waals surface area contributed by atoms with Crippen LogP contribution < -0.4 is 11.1 Å². The minimum Gasteiger partial charge on any atom is -0.354 e. The number of hydrogen-bond acceptors (Lipinski definition) is 3. The number of carbonyl (C=O) groups is 1. The number of nitrogens with one attached hydrogen (secondary N) is 1. The molecule has 19 heavy (non-hydrogen) atoms. The van der Waals surface area contributed by atoms with Crippen molar-refractivity contribution in [2.45, 2.75) is 19.4 Å². The Hall–Kier alpha value is -2.14. The SMILES string of the molecule is CC[C@H](N)c1ccc(-n2ccc(C(=O)NC)n2)cc1. The molecule has 1 aromatic carbocycles. The lowest BCUT2D eigenvalue weighted by Crippen LogP contribution is -2.18. The van der Waals surface area contributed by atoms with E-state index in [0.29, 0.717) is 5.69 Å². The summed E-state index contributed by atoms with van der Waals surface area (Å²) >= 11 is 0. The van der Waals surface area contributed by atoms with Crippen LogP contribution in [0.3, 0.4) is 0 Å². The molecule has 0 unspecified atom stereocenters. The lowest BCUT2D eigenvalue weighted by molar-refractivity contribution is 0.0957. The molecule has 0 aliphatic heterocycles. The third-order valence-electron chi connectivity index (χ3n) is 3.07. The van der Waals surface area contributed by atoms with Crippen molar-refractivity contribution in [2.75, 3.05) is 7.05 Å². The van der Waals surface area contributed by atoms with Crippen molar-refractivity contribution in [3.05, 3.63) is 47.8 Å². The van der Waals surface area contributed by atoms with Gasteiger partial charge in [-0.15, -0.1) is 0 Å². The molecule has 0 saturated heterocycles. The molecule has 0 bridgehead atoms. The molecule has 1 amide bonds. The van der Waals surface area contributed by atoms with Gasteiger partial charge in [-0.25, -0.2) is 4.68 Å². The predicted molar refractivity (Wildman–Crippen MR) is 74.2 cm³/mol. The van der Waals surface area contributed by atoms with Gasteiger partial charge >= 0.3 is 0 Å². The first-order valence-electron chi connectivity index (χ1n) is 6.29. The Morgan fingerprint density at radius 1 is 1.37 bits per heavy atom. The molecule has 1 aromatic heterocycles. The van der Waals surface area contributed by atoms with E-state index >= 15 is 0 Å². The highest BCUT2D eigenvalue weighted by Gasteiger charge is 2.08. The van der Waals surface area contributed by atoms with Crippen molar-refractivity contribution in [2.24, 2.45) is 5.73 Å². The number of aromatic nitrogens is 2. The molecule has 100 valence electrons. The van der Waals surface area contributed by atoms with Crippen molar-refractivity contribution in [3.63, 3.8) is 0 Å². The summed E-state index contributed by atoms with van der Waals surface area (Å²) in [5, 5.41) is 6.77. The Bertz CT molecular complexity index is 559. The monoisotopic (exact) mass is 258 g/mol. The zero-order valence-electron chi connectivity index (χ0n) is 11.1. The average molecular weight is 258 g/mol. The average Bonchev–Trinajstić information content (AvgIpc) is 2.95. The van der Waals surface area contributed by atoms with Gasteiger partial charge in [-0.05, 0) is 30.2 Å². The van der Waals surface area contributed by atoms with E-state index in [1.165, 1.54) is 0 Å². The minimum absolute atomic E-state index is 0.0631. The maximum Gasteiger partial charge on any atom is 0.271 e. The van der Waals surface area contributed by atoms with Gasteiger partial charge in [0, 0.05) is 19.3 Å². The van der Waals surface area contributed by atoms with Crippen LogP contribution in [0.15, 0.2) is 36.5 Å². The Morgan fingerprint density at radius 2 is 2.05 bits per heavy atom. The van der Waals surface area contributed by atoms with Crippen LogP contribution in [-0.4, -0.2) is 22.7 Å². The Morgan fingerprint density at radius 3 is 2.63 bits per heavy atom. The number of hydrogen-bond donors (Lipinski definition) is 2. The van der Waals surface area contributed by atoms with E-state index in [4.69, 9.17) is 5.73 Å². The van der Waals surface area contributed by atoms with Gasteiger partial charge < -0.3 is 11.1 Å². The third kappa shape index (κ3) is 2.82. The molecule has 0 aliphatic rings. The van der Waals surface area contributed by atoms with E-state index in [0.717, 1.165) is 17.7 Å². The zero-order chi connectivity index (χ0) is 13.8. The van der Waals surface area contributed by atoms with Gasteiger partial charge in [-0.1, -0.05) is 19.1 Å². The second kappa shape index (κ2) is 5.67. The summed E-state index contributed by atoms with van der Waals surface area (Å²) in [6, 6.07) is 9.63. The molecule has 5 heteroatoms. The molecule has 3 N–H and O–H groups in total. The van der Waals surface area contributed by atoms with Gasteiger partial charge in [0.05, 0.1) is 5.69 Å². The molecule has 1 heterocycles. The van der Waals surface area contributed by atoms with Crippen molar-refractivity contribution < 1.29 is 4.79 Å². The zero-order valence-corrected chi connectivity index (χ0v) is 11.1. The van der Waals surface area contributed by atoms with E-state index in [1.807, 2.05) is 24.3 Å². The van der Waals surface area contributed by atoms with Gasteiger partial charge in [0.1, 0.15) is 0 Å². The molecule has 0 radical (unpaired) electrons. The maximum absolute atomic E-state index is 11.4. The van der Waals surface area contributed by atoms with E-state index in [9.17, 15) is 4.79 Å². The molecular weight excluding hydrogens is 240 g/mol. The van der Waals surface area contributed by atoms with Crippen LogP contribution >= 0.6 is 0 Å². The highest BCUT2D eigenvalue weighted by Crippen LogP contribution is 2.16. The van der Waals surface area contributed by atoms with Crippen LogP contribution in [0.5, 0.6) is 0 Å². The standard InChI is InChI=1S/C14H18N4O/c1-3-12(15)10-4-6-11(7-5-10)18-9-8-13(17-18)14(19)16-2/h4-9,12H,3,15H2,1-2H3,(H,16,19)/t12-/m0/s1. The van der Waals surface area contributed by atoms with Crippen LogP contribution in [0.4, 0.5) is 0 Å². The predicted octanol–water partition coefficient (Wildman–Crippen LogP) is 1.64. The number of rotatable bonds is 4. The highest BCUT2D eigenvalue weighted by molar-refractivity contribution is 5.91. The first-order valence-corrected chi connectivity index (χ1v) is 6.29. The van der Waals surface area contributed by atoms with Gasteiger partial charge in [-0.2, -0.15) is 5.10 Å². The Labute approximate surface area is 112 Å². The summed E-state index contributed by atoms with van der Waals surface area (Å²) in [6.45, 7) is 2.06. The van der Waals surface area contributed by atoms with Crippen LogP contribution in [-0.2, 0) is 0 Å². The Kier molecular flexibility index (Phi) is 3.97. The van der Waals surface area contributed by atoms with Gasteiger partial charge in [-0.3, -0.25) is 4.79 Å². The summed E-state index contributed by atoms with van der Waals surface area (Å²) in [5.74, 6) is -0.191. The fourth-order valence-electron chi connectivity index (χ4n) is 1.83. The maximum atomic E-state index is 11.4. The molecular formula is C14H18N4O. The summed E-state index contributed by atoms with van der Waals surface area (Å²) in [5.41, 5.74) is 8.38. The first kappa shape index (κ1) is 13.3. The second-order valence-electron chi connectivity index (χ2n) is 4.33. The third-order valence-corrected chi connectivity index (χ3v) is 3.07. The molecule has 0 spiro atoms. The van der Waals surface area contributed by atoms with Gasteiger partial charge in [0.25, 0.3) is 5.91 Å². The number of carbonyl (C=O) groups excluding carboxylic acids is 1. The van der Waals surface area contributed by atoms with E-state index in [-0.39, 0.29) is 11.9 Å². The summed E-state index contributed by atoms with van der Waals surface area (Å²) in [6.07, 6.45) is 2.67. The fourth-order valence-corrected chi connectivity index (χ4v) is 1.83. The lowest BCUT2D eigenvalue weighted by Gasteiger charge is -2.09. The molecule has 0 fully saturated rings. The summed E-state index contributed by atoms with van der Waals surface area (Å²) in [4.78, 5) is 11.4. The molecule has 5 nitrogen and oxygen atoms in total. The van der Waals surface area contributed by atoms with Gasteiger partial charge in [0.15, 0.2) is 5.69 Å². The van der Waals surface area contributed by atoms with E-state index in [2.05, 4.69) is 17.3 Å². The van der Waals surface area contributed by atoms with E-state index in [1.54, 1.807) is 24.0 Å². The van der Waals surface area contributed by atoms with Crippen molar-refractivity contribution >= 4 is 5.91 Å². The fraction of sp³-hybridized carbons (Fsp3) is 0.286. The summed E-state index contributed by atoms with van der Waals surface area (Å²) in [7, 11) is 1.59. The minimum atomic E-state index is -0.191. The number of amides is 1. The van der Waals surface area contributed by atoms with Gasteiger partial charge in [0.2, 0.25) is 0 Å². The van der Waals surface area contributed by atoms with Crippen LogP contribution in [0.25, 0.3) is 5.69 Å². The number of benzene rings is 1. The molecule has 2 aromatic rings. The van der Waals surface area contributed by atoms with Crippen molar-refractivity contribution in [1.82, 2.24) is 15.1 Å². The van der Waals surface area contributed by atoms with Crippen molar-refractivity contribution in [1.29, 1.82) is 0 Å². The quantitative estimate of drug-likeness (QED) is 0.875. The number of nitrogens with two attached hydrogens (primary N) is 1. The topological polar surface area (TPSA) is 72.9 Å². The smallest absolute Gasteiger partial charge is 0.271 e. The summed E-state index contributed by atoms with van der Waals surface area (Å²) < 4.78 is 1.67. The van der Waals surface area contributed by atoms with Crippen molar-refractivity contribution in [3.8, 4) is 5.69 Å². The largest absolute Gasteiger partial charge is 0.354 e. The van der Waals surface area contributed by atoms with Crippen LogP contribution in [0, 0.1) is 0 Å². The van der Waals surface area contributed by atoms with Crippen LogP contribution in [0.1, 0.15) is 35.4 Å². The van der Waals surface area contributed by atoms with E-state index < -0.39 is 0 Å². The molecule has 1 atom stereocenters. The number of nitrogens with zero attached hydrogens (tertiary/aromatic N) is 2. The molecule has 2 rings (SSSR count). The van der Waals surface area contributed by atoms with Crippen LogP contribution in [0.2, 0.25) is 0 Å². The molecule has 0 aliphatic carbocycles. The Balaban J connectivity index is 2.22. The lowest BCUT2D eigenvalue weighted by atomic mass is 10.1. The molecule has 0 saturated carbocycles.